The van der Waals surface area contributed by atoms with Crippen LogP contribution in [0, 0.1) is 12.8 Å². The van der Waals surface area contributed by atoms with Crippen LogP contribution in [0.1, 0.15) is 17.8 Å². The Labute approximate surface area is 130 Å². The quantitative estimate of drug-likeness (QED) is 0.807. The minimum absolute atomic E-state index is 0.666. The second kappa shape index (κ2) is 5.54. The highest BCUT2D eigenvalue weighted by Crippen LogP contribution is 2.25. The lowest BCUT2D eigenvalue weighted by Crippen LogP contribution is -2.13. The molecule has 2 aromatic heterocycles. The molecule has 112 valence electrons. The number of hydrogen-bond donors (Lipinski definition) is 1. The summed E-state index contributed by atoms with van der Waals surface area (Å²) < 4.78 is 2.24. The van der Waals surface area contributed by atoms with Gasteiger partial charge in [-0.3, -0.25) is 4.57 Å². The van der Waals surface area contributed by atoms with E-state index in [2.05, 4.69) is 46.1 Å². The van der Waals surface area contributed by atoms with Gasteiger partial charge in [0.15, 0.2) is 5.65 Å². The number of fused-ring (bicyclic) bond motifs is 1. The van der Waals surface area contributed by atoms with E-state index in [1.165, 1.54) is 17.7 Å². The van der Waals surface area contributed by atoms with Crippen LogP contribution in [0.2, 0.25) is 0 Å². The van der Waals surface area contributed by atoms with Crippen LogP contribution in [0.15, 0.2) is 42.6 Å². The first kappa shape index (κ1) is 13.5. The molecule has 0 bridgehead atoms. The Balaban J connectivity index is 1.88. The number of nitrogens with zero attached hydrogens (tertiary/aromatic N) is 3. The van der Waals surface area contributed by atoms with Crippen molar-refractivity contribution in [3.63, 3.8) is 0 Å². The van der Waals surface area contributed by atoms with Crippen molar-refractivity contribution in [3.05, 3.63) is 54.0 Å². The minimum Gasteiger partial charge on any atom is -0.316 e. The topological polar surface area (TPSA) is 42.7 Å². The van der Waals surface area contributed by atoms with E-state index >= 15 is 0 Å². The Hall–Kier alpha value is -2.20. The summed E-state index contributed by atoms with van der Waals surface area (Å²) in [5.74, 6) is 1.79. The van der Waals surface area contributed by atoms with Gasteiger partial charge in [-0.25, -0.2) is 9.97 Å². The lowest BCUT2D eigenvalue weighted by molar-refractivity contribution is 0.558. The van der Waals surface area contributed by atoms with Crippen molar-refractivity contribution >= 4 is 11.2 Å². The Kier molecular flexibility index (Phi) is 3.39. The van der Waals surface area contributed by atoms with Crippen LogP contribution in [0.4, 0.5) is 0 Å². The maximum absolute atomic E-state index is 4.87. The molecule has 0 radical (unpaired) electrons. The molecule has 1 fully saturated rings. The predicted octanol–water partition coefficient (Wildman–Crippen LogP) is 2.88. The van der Waals surface area contributed by atoms with Crippen molar-refractivity contribution in [1.82, 2.24) is 19.9 Å². The van der Waals surface area contributed by atoms with Gasteiger partial charge >= 0.3 is 0 Å². The second-order valence-corrected chi connectivity index (χ2v) is 6.06. The van der Waals surface area contributed by atoms with E-state index in [-0.39, 0.29) is 0 Å². The highest BCUT2D eigenvalue weighted by Gasteiger charge is 2.21. The summed E-state index contributed by atoms with van der Waals surface area (Å²) in [6, 6.07) is 12.5. The van der Waals surface area contributed by atoms with E-state index in [4.69, 9.17) is 4.98 Å². The van der Waals surface area contributed by atoms with Gasteiger partial charge in [-0.2, -0.15) is 0 Å². The highest BCUT2D eigenvalue weighted by atomic mass is 15.1. The van der Waals surface area contributed by atoms with Crippen LogP contribution < -0.4 is 5.32 Å². The Morgan fingerprint density at radius 1 is 1.23 bits per heavy atom. The third kappa shape index (κ3) is 2.29. The fraction of sp³-hybridized carbons (Fsp3) is 0.333. The van der Waals surface area contributed by atoms with Crippen molar-refractivity contribution in [1.29, 1.82) is 0 Å². The number of rotatable bonds is 3. The molecule has 0 aliphatic carbocycles. The summed E-state index contributed by atoms with van der Waals surface area (Å²) in [5.41, 5.74) is 4.37. The van der Waals surface area contributed by atoms with Crippen LogP contribution in [0.25, 0.3) is 16.9 Å². The smallest absolute Gasteiger partial charge is 0.164 e. The van der Waals surface area contributed by atoms with Gasteiger partial charge in [0.05, 0.1) is 5.69 Å². The summed E-state index contributed by atoms with van der Waals surface area (Å²) in [4.78, 5) is 9.45. The van der Waals surface area contributed by atoms with Crippen molar-refractivity contribution in [2.45, 2.75) is 19.8 Å². The fourth-order valence-electron chi connectivity index (χ4n) is 3.31. The average molecular weight is 292 g/mol. The molecule has 4 rings (SSSR count). The van der Waals surface area contributed by atoms with Gasteiger partial charge in [-0.1, -0.05) is 18.2 Å². The minimum atomic E-state index is 0.666. The number of nitrogens with one attached hydrogen (secondary N) is 1. The van der Waals surface area contributed by atoms with Crippen LogP contribution in [-0.4, -0.2) is 27.6 Å². The molecular weight excluding hydrogens is 272 g/mol. The van der Waals surface area contributed by atoms with E-state index in [0.29, 0.717) is 5.92 Å². The molecule has 1 N–H and O–H groups in total. The zero-order valence-corrected chi connectivity index (χ0v) is 12.8. The van der Waals surface area contributed by atoms with Crippen LogP contribution >= 0.6 is 0 Å². The Morgan fingerprint density at radius 2 is 2.14 bits per heavy atom. The molecule has 3 heterocycles. The van der Waals surface area contributed by atoms with Crippen molar-refractivity contribution in [2.24, 2.45) is 5.92 Å². The van der Waals surface area contributed by atoms with Crippen molar-refractivity contribution in [2.75, 3.05) is 13.1 Å². The van der Waals surface area contributed by atoms with Crippen molar-refractivity contribution in [3.8, 4) is 5.69 Å². The third-order valence-electron chi connectivity index (χ3n) is 4.48. The molecule has 1 saturated heterocycles. The maximum atomic E-state index is 4.87. The number of para-hydroxylation sites is 1. The van der Waals surface area contributed by atoms with Gasteiger partial charge in [0.1, 0.15) is 11.3 Å². The molecule has 1 unspecified atom stereocenters. The molecule has 1 aliphatic rings. The summed E-state index contributed by atoms with van der Waals surface area (Å²) in [5, 5.41) is 3.44. The van der Waals surface area contributed by atoms with Crippen LogP contribution in [0.5, 0.6) is 0 Å². The normalized spacial score (nSPS) is 18.1. The number of imidazole rings is 1. The molecule has 0 spiro atoms. The summed E-state index contributed by atoms with van der Waals surface area (Å²) in [6.07, 6.45) is 4.07. The van der Waals surface area contributed by atoms with E-state index < -0.39 is 0 Å². The van der Waals surface area contributed by atoms with Gasteiger partial charge < -0.3 is 5.32 Å². The van der Waals surface area contributed by atoms with Crippen LogP contribution in [-0.2, 0) is 6.42 Å². The average Bonchev–Trinajstić information content (AvgIpc) is 3.16. The Morgan fingerprint density at radius 3 is 2.95 bits per heavy atom. The largest absolute Gasteiger partial charge is 0.316 e. The van der Waals surface area contributed by atoms with E-state index in [1.54, 1.807) is 0 Å². The van der Waals surface area contributed by atoms with Crippen molar-refractivity contribution < 1.29 is 0 Å². The SMILES string of the molecule is Cc1ccccc1-n1c(CC2CCNC2)nc2cccnc21. The molecule has 1 aromatic carbocycles. The maximum Gasteiger partial charge on any atom is 0.164 e. The van der Waals surface area contributed by atoms with Gasteiger partial charge in [-0.15, -0.1) is 0 Å². The molecule has 3 aromatic rings. The molecular formula is C18H20N4. The Bertz CT molecular complexity index is 800. The lowest BCUT2D eigenvalue weighted by atomic mass is 10.0. The monoisotopic (exact) mass is 292 g/mol. The van der Waals surface area contributed by atoms with E-state index in [0.717, 1.165) is 36.5 Å². The molecule has 22 heavy (non-hydrogen) atoms. The standard InChI is InChI=1S/C18H20N4/c1-13-5-2-3-7-16(13)22-17(11-14-8-10-19-12-14)21-15-6-4-9-20-18(15)22/h2-7,9,14,19H,8,10-12H2,1H3. The second-order valence-electron chi connectivity index (χ2n) is 6.06. The zero-order chi connectivity index (χ0) is 14.9. The van der Waals surface area contributed by atoms with Crippen LogP contribution in [0.3, 0.4) is 0 Å². The summed E-state index contributed by atoms with van der Waals surface area (Å²) in [6.45, 7) is 4.35. The third-order valence-corrected chi connectivity index (χ3v) is 4.48. The van der Waals surface area contributed by atoms with Gasteiger partial charge in [0, 0.05) is 12.6 Å². The molecule has 0 amide bonds. The lowest BCUT2D eigenvalue weighted by Gasteiger charge is -2.13. The molecule has 4 heteroatoms. The van der Waals surface area contributed by atoms with E-state index in [9.17, 15) is 0 Å². The molecule has 4 nitrogen and oxygen atoms in total. The van der Waals surface area contributed by atoms with E-state index in [1.807, 2.05) is 18.3 Å². The van der Waals surface area contributed by atoms with Gasteiger partial charge in [-0.05, 0) is 56.1 Å². The first-order chi connectivity index (χ1) is 10.8. The molecule has 1 atom stereocenters. The highest BCUT2D eigenvalue weighted by molar-refractivity contribution is 5.74. The molecule has 0 saturated carbocycles. The number of aromatic nitrogens is 3. The zero-order valence-electron chi connectivity index (χ0n) is 12.8. The predicted molar refractivity (Wildman–Crippen MR) is 88.3 cm³/mol. The number of pyridine rings is 1. The molecule has 1 aliphatic heterocycles. The summed E-state index contributed by atoms with van der Waals surface area (Å²) >= 11 is 0. The fourth-order valence-corrected chi connectivity index (χ4v) is 3.31. The van der Waals surface area contributed by atoms with Gasteiger partial charge in [0.25, 0.3) is 0 Å². The van der Waals surface area contributed by atoms with Gasteiger partial charge in [0.2, 0.25) is 0 Å². The first-order valence-corrected chi connectivity index (χ1v) is 7.92. The first-order valence-electron chi connectivity index (χ1n) is 7.92. The summed E-state index contributed by atoms with van der Waals surface area (Å²) in [7, 11) is 0. The number of hydrogen-bond acceptors (Lipinski definition) is 3. The number of aryl methyl sites for hydroxylation is 1. The number of benzene rings is 1.